The molecule has 4 amide bonds. The zero-order valence-corrected chi connectivity index (χ0v) is 22.0. The van der Waals surface area contributed by atoms with E-state index in [9.17, 15) is 39.3 Å². The van der Waals surface area contributed by atoms with Crippen molar-refractivity contribution < 1.29 is 53.5 Å². The lowest BCUT2D eigenvalue weighted by Gasteiger charge is -2.43. The minimum atomic E-state index is -1.64. The van der Waals surface area contributed by atoms with E-state index < -0.39 is 85.0 Å². The predicted molar refractivity (Wildman–Crippen MR) is 130 cm³/mol. The highest BCUT2D eigenvalue weighted by Crippen LogP contribution is 2.23. The van der Waals surface area contributed by atoms with Crippen LogP contribution in [0.5, 0.6) is 0 Å². The summed E-state index contributed by atoms with van der Waals surface area (Å²) in [6, 6.07) is -3.58. The van der Waals surface area contributed by atoms with Gasteiger partial charge in [-0.25, -0.2) is 4.79 Å². The van der Waals surface area contributed by atoms with Crippen LogP contribution in [0, 0.1) is 0 Å². The van der Waals surface area contributed by atoms with Gasteiger partial charge in [0.1, 0.15) is 42.5 Å². The van der Waals surface area contributed by atoms with Crippen molar-refractivity contribution in [1.29, 1.82) is 0 Å². The fourth-order valence-corrected chi connectivity index (χ4v) is 3.58. The summed E-state index contributed by atoms with van der Waals surface area (Å²) in [5.74, 6) is -3.51. The number of rotatable bonds is 15. The molecule has 0 aromatic heterocycles. The van der Waals surface area contributed by atoms with Gasteiger partial charge in [-0.15, -0.1) is 0 Å². The molecular weight excluding hydrogens is 508 g/mol. The minimum absolute atomic E-state index is 0.0905. The average Bonchev–Trinajstić information content (AvgIpc) is 2.85. The Kier molecular flexibility index (Phi) is 14.1. The standard InChI is InChI=1S/C23H40N4O11/c1-5-6-9-36-22(34)14(7-8-16(24)30)27-20(32)11(2)25-21(33)12(3)37-19-17(26-13(4)29)23(35)38-15(10-28)18(19)31/h11-12,14-15,17-19,23,28,31,35H,5-10H2,1-4H3,(H2,24,30)(H,25,33)(H,26,29)(H,27,32)/t11-,12+,14-,15?,17?,18?,19?,23?/m0/s1. The molecule has 1 aliphatic rings. The Morgan fingerprint density at radius 1 is 1.08 bits per heavy atom. The van der Waals surface area contributed by atoms with Crippen LogP contribution < -0.4 is 21.7 Å². The third-order valence-electron chi connectivity index (χ3n) is 5.75. The molecule has 0 bridgehead atoms. The molecule has 0 radical (unpaired) electrons. The summed E-state index contributed by atoms with van der Waals surface area (Å²) in [5.41, 5.74) is 5.15. The number of hydrogen-bond donors (Lipinski definition) is 7. The van der Waals surface area contributed by atoms with Crippen molar-refractivity contribution in [1.82, 2.24) is 16.0 Å². The maximum atomic E-state index is 12.7. The van der Waals surface area contributed by atoms with Gasteiger partial charge < -0.3 is 51.2 Å². The quantitative estimate of drug-likeness (QED) is 0.0801. The lowest BCUT2D eigenvalue weighted by Crippen LogP contribution is -2.65. The number of aliphatic hydroxyl groups excluding tert-OH is 3. The van der Waals surface area contributed by atoms with Crippen molar-refractivity contribution in [3.05, 3.63) is 0 Å². The molecule has 8 N–H and O–H groups in total. The predicted octanol–water partition coefficient (Wildman–Crippen LogP) is -3.07. The highest BCUT2D eigenvalue weighted by molar-refractivity contribution is 5.91. The van der Waals surface area contributed by atoms with Gasteiger partial charge >= 0.3 is 5.97 Å². The first kappa shape index (κ1) is 33.2. The van der Waals surface area contributed by atoms with E-state index in [0.717, 1.165) is 6.42 Å². The lowest BCUT2D eigenvalue weighted by atomic mass is 9.96. The number of carbonyl (C=O) groups excluding carboxylic acids is 5. The van der Waals surface area contributed by atoms with Crippen LogP contribution in [0.15, 0.2) is 0 Å². The molecule has 38 heavy (non-hydrogen) atoms. The van der Waals surface area contributed by atoms with E-state index >= 15 is 0 Å². The monoisotopic (exact) mass is 548 g/mol. The van der Waals surface area contributed by atoms with Gasteiger partial charge in [0.15, 0.2) is 6.29 Å². The zero-order chi connectivity index (χ0) is 29.0. The van der Waals surface area contributed by atoms with Gasteiger partial charge in [0.25, 0.3) is 0 Å². The Balaban J connectivity index is 2.83. The Labute approximate surface area is 220 Å². The van der Waals surface area contributed by atoms with Crippen LogP contribution in [0.25, 0.3) is 0 Å². The fraction of sp³-hybridized carbons (Fsp3) is 0.783. The highest BCUT2D eigenvalue weighted by Gasteiger charge is 2.47. The van der Waals surface area contributed by atoms with Crippen molar-refractivity contribution >= 4 is 29.6 Å². The molecule has 8 atom stereocenters. The summed E-state index contributed by atoms with van der Waals surface area (Å²) in [7, 11) is 0. The maximum absolute atomic E-state index is 12.7. The number of nitrogens with two attached hydrogens (primary N) is 1. The smallest absolute Gasteiger partial charge is 0.328 e. The zero-order valence-electron chi connectivity index (χ0n) is 22.0. The topological polar surface area (TPSA) is 236 Å². The number of unbranched alkanes of at least 4 members (excludes halogenated alkanes) is 1. The van der Waals surface area contributed by atoms with E-state index in [0.29, 0.717) is 6.42 Å². The van der Waals surface area contributed by atoms with Crippen LogP contribution in [0.1, 0.15) is 53.4 Å². The maximum Gasteiger partial charge on any atom is 0.328 e. The molecule has 1 rings (SSSR count). The molecule has 0 saturated carbocycles. The van der Waals surface area contributed by atoms with E-state index in [1.807, 2.05) is 6.92 Å². The van der Waals surface area contributed by atoms with E-state index in [1.54, 1.807) is 0 Å². The molecule has 1 heterocycles. The first-order chi connectivity index (χ1) is 17.8. The number of aliphatic hydroxyl groups is 3. The first-order valence-electron chi connectivity index (χ1n) is 12.4. The number of primary amides is 1. The lowest BCUT2D eigenvalue weighted by molar-refractivity contribution is -0.266. The van der Waals surface area contributed by atoms with Crippen LogP contribution in [-0.2, 0) is 38.2 Å². The summed E-state index contributed by atoms with van der Waals surface area (Å²) in [5, 5.41) is 37.3. The second kappa shape index (κ2) is 16.2. The summed E-state index contributed by atoms with van der Waals surface area (Å²) >= 11 is 0. The van der Waals surface area contributed by atoms with Crippen LogP contribution in [-0.4, -0.2) is 107 Å². The van der Waals surface area contributed by atoms with Gasteiger partial charge in [0.2, 0.25) is 23.6 Å². The number of carbonyl (C=O) groups is 5. The normalized spacial score (nSPS) is 25.4. The van der Waals surface area contributed by atoms with Gasteiger partial charge in [-0.05, 0) is 26.7 Å². The van der Waals surface area contributed by atoms with Crippen molar-refractivity contribution in [2.75, 3.05) is 13.2 Å². The van der Waals surface area contributed by atoms with Gasteiger partial charge in [-0.3, -0.25) is 19.2 Å². The molecule has 0 spiro atoms. The molecule has 1 fully saturated rings. The van der Waals surface area contributed by atoms with Crippen LogP contribution in [0.4, 0.5) is 0 Å². The number of esters is 1. The minimum Gasteiger partial charge on any atom is -0.464 e. The molecule has 1 saturated heterocycles. The SMILES string of the molecule is CCCCOC(=O)[C@H](CCC(N)=O)NC(=O)[C@H](C)NC(=O)[C@@H](C)OC1C(O)C(CO)OC(O)C1NC(C)=O. The van der Waals surface area contributed by atoms with Gasteiger partial charge in [-0.2, -0.15) is 0 Å². The van der Waals surface area contributed by atoms with Gasteiger partial charge in [0, 0.05) is 13.3 Å². The van der Waals surface area contributed by atoms with Crippen LogP contribution in [0.2, 0.25) is 0 Å². The Bertz CT molecular complexity index is 827. The number of nitrogens with one attached hydrogen (secondary N) is 3. The van der Waals surface area contributed by atoms with Crippen molar-refractivity contribution in [2.24, 2.45) is 5.73 Å². The third-order valence-corrected chi connectivity index (χ3v) is 5.75. The molecule has 15 nitrogen and oxygen atoms in total. The van der Waals surface area contributed by atoms with Crippen molar-refractivity contribution in [3.63, 3.8) is 0 Å². The highest BCUT2D eigenvalue weighted by atomic mass is 16.6. The third kappa shape index (κ3) is 10.5. The summed E-state index contributed by atoms with van der Waals surface area (Å²) in [6.07, 6.45) is -5.90. The number of amides is 4. The largest absolute Gasteiger partial charge is 0.464 e. The van der Waals surface area contributed by atoms with Crippen LogP contribution >= 0.6 is 0 Å². The van der Waals surface area contributed by atoms with Gasteiger partial charge in [0.05, 0.1) is 13.2 Å². The second-order valence-corrected chi connectivity index (χ2v) is 9.02. The van der Waals surface area contributed by atoms with E-state index in [2.05, 4.69) is 16.0 Å². The molecule has 1 aliphatic heterocycles. The fourth-order valence-electron chi connectivity index (χ4n) is 3.58. The van der Waals surface area contributed by atoms with Gasteiger partial charge in [-0.1, -0.05) is 13.3 Å². The molecule has 0 aliphatic carbocycles. The number of ether oxygens (including phenoxy) is 3. The molecule has 15 heteroatoms. The first-order valence-corrected chi connectivity index (χ1v) is 12.4. The Hall–Kier alpha value is -2.85. The van der Waals surface area contributed by atoms with E-state index in [1.165, 1.54) is 20.8 Å². The Morgan fingerprint density at radius 2 is 1.74 bits per heavy atom. The molecule has 218 valence electrons. The van der Waals surface area contributed by atoms with Crippen molar-refractivity contribution in [2.45, 2.75) is 102 Å². The second-order valence-electron chi connectivity index (χ2n) is 9.02. The summed E-state index contributed by atoms with van der Waals surface area (Å²) in [6.45, 7) is 5.21. The van der Waals surface area contributed by atoms with E-state index in [-0.39, 0.29) is 19.4 Å². The summed E-state index contributed by atoms with van der Waals surface area (Å²) in [4.78, 5) is 60.5. The number of hydrogen-bond acceptors (Lipinski definition) is 11. The average molecular weight is 549 g/mol. The summed E-state index contributed by atoms with van der Waals surface area (Å²) < 4.78 is 15.8. The molecular formula is C23H40N4O11. The van der Waals surface area contributed by atoms with Crippen LogP contribution in [0.3, 0.4) is 0 Å². The van der Waals surface area contributed by atoms with E-state index in [4.69, 9.17) is 19.9 Å². The molecule has 0 aromatic rings. The molecule has 0 aromatic carbocycles. The molecule has 5 unspecified atom stereocenters. The Morgan fingerprint density at radius 3 is 2.29 bits per heavy atom. The van der Waals surface area contributed by atoms with Crippen molar-refractivity contribution in [3.8, 4) is 0 Å².